The van der Waals surface area contributed by atoms with E-state index in [4.69, 9.17) is 11.6 Å². The summed E-state index contributed by atoms with van der Waals surface area (Å²) in [6.07, 6.45) is 1.89. The number of fused-ring (bicyclic) bond motifs is 1. The highest BCUT2D eigenvalue weighted by atomic mass is 35.5. The minimum absolute atomic E-state index is 0.709. The molecule has 3 nitrogen and oxygen atoms in total. The van der Waals surface area contributed by atoms with Crippen LogP contribution in [0.5, 0.6) is 0 Å². The van der Waals surface area contributed by atoms with E-state index in [1.807, 2.05) is 37.4 Å². The summed E-state index contributed by atoms with van der Waals surface area (Å²) in [5, 5.41) is 7.50. The van der Waals surface area contributed by atoms with Crippen LogP contribution in [0.2, 0.25) is 5.02 Å². The van der Waals surface area contributed by atoms with Crippen LogP contribution in [0.25, 0.3) is 5.65 Å². The van der Waals surface area contributed by atoms with Gasteiger partial charge < -0.3 is 0 Å². The maximum absolute atomic E-state index is 5.79. The number of aromatic nitrogens is 3. The SMILES string of the molecule is CC.Cc1n[nH]c2c(Cl)ccn12. The molecule has 4 heteroatoms. The molecule has 0 radical (unpaired) electrons. The topological polar surface area (TPSA) is 33.1 Å². The summed E-state index contributed by atoms with van der Waals surface area (Å²) in [5.41, 5.74) is 0.860. The van der Waals surface area contributed by atoms with Gasteiger partial charge in [0.2, 0.25) is 0 Å². The smallest absolute Gasteiger partial charge is 0.151 e. The highest BCUT2D eigenvalue weighted by molar-refractivity contribution is 6.33. The molecule has 0 saturated carbocycles. The third-order valence-electron chi connectivity index (χ3n) is 1.51. The molecule has 2 aromatic rings. The molecule has 0 aliphatic carbocycles. The highest BCUT2D eigenvalue weighted by Crippen LogP contribution is 2.16. The van der Waals surface area contributed by atoms with Crippen LogP contribution in [0.4, 0.5) is 0 Å². The number of nitrogens with one attached hydrogen (secondary N) is 1. The van der Waals surface area contributed by atoms with Crippen LogP contribution in [0.15, 0.2) is 12.3 Å². The molecule has 0 aromatic carbocycles. The lowest BCUT2D eigenvalue weighted by atomic mass is 10.6. The first-order valence-electron chi connectivity index (χ1n) is 3.96. The zero-order valence-corrected chi connectivity index (χ0v) is 8.18. The first-order chi connectivity index (χ1) is 5.79. The molecule has 2 rings (SSSR count). The Kier molecular flexibility index (Phi) is 2.76. The van der Waals surface area contributed by atoms with E-state index in [1.54, 1.807) is 0 Å². The van der Waals surface area contributed by atoms with E-state index < -0.39 is 0 Å². The Morgan fingerprint density at radius 3 is 2.75 bits per heavy atom. The fourth-order valence-corrected chi connectivity index (χ4v) is 1.16. The predicted molar refractivity (Wildman–Crippen MR) is 50.6 cm³/mol. The van der Waals surface area contributed by atoms with Gasteiger partial charge in [0.15, 0.2) is 5.65 Å². The Labute approximate surface area is 76.4 Å². The number of nitrogens with zero attached hydrogens (tertiary/aromatic N) is 2. The van der Waals surface area contributed by atoms with Crippen molar-refractivity contribution in [2.45, 2.75) is 20.8 Å². The van der Waals surface area contributed by atoms with Gasteiger partial charge in [-0.05, 0) is 13.0 Å². The summed E-state index contributed by atoms with van der Waals surface area (Å²) < 4.78 is 1.91. The Balaban J connectivity index is 0.000000336. The van der Waals surface area contributed by atoms with Gasteiger partial charge in [-0.1, -0.05) is 25.4 Å². The van der Waals surface area contributed by atoms with Gasteiger partial charge >= 0.3 is 0 Å². The van der Waals surface area contributed by atoms with Gasteiger partial charge in [-0.15, -0.1) is 0 Å². The van der Waals surface area contributed by atoms with Crippen molar-refractivity contribution in [2.75, 3.05) is 0 Å². The summed E-state index contributed by atoms with van der Waals surface area (Å²) in [6.45, 7) is 5.92. The molecule has 1 N–H and O–H groups in total. The third kappa shape index (κ3) is 1.32. The van der Waals surface area contributed by atoms with Crippen molar-refractivity contribution in [3.63, 3.8) is 0 Å². The van der Waals surface area contributed by atoms with Gasteiger partial charge in [0.05, 0.1) is 5.02 Å². The summed E-state index contributed by atoms with van der Waals surface area (Å²) in [6, 6.07) is 1.84. The molecule has 12 heavy (non-hydrogen) atoms. The summed E-state index contributed by atoms with van der Waals surface area (Å²) in [4.78, 5) is 0. The second-order valence-electron chi connectivity index (χ2n) is 2.15. The number of hydrogen-bond acceptors (Lipinski definition) is 1. The normalized spacial score (nSPS) is 9.67. The minimum atomic E-state index is 0.709. The molecular weight excluding hydrogens is 174 g/mol. The van der Waals surface area contributed by atoms with Crippen LogP contribution in [0, 0.1) is 6.92 Å². The number of aryl methyl sites for hydroxylation is 1. The quantitative estimate of drug-likeness (QED) is 0.673. The van der Waals surface area contributed by atoms with Crippen LogP contribution in [-0.2, 0) is 0 Å². The maximum atomic E-state index is 5.79. The molecular formula is C8H12ClN3. The van der Waals surface area contributed by atoms with Gasteiger partial charge in [-0.25, -0.2) is 0 Å². The lowest BCUT2D eigenvalue weighted by Crippen LogP contribution is -1.79. The molecule has 0 fully saturated rings. The molecule has 0 spiro atoms. The first kappa shape index (κ1) is 9.13. The molecule has 0 bridgehead atoms. The van der Waals surface area contributed by atoms with E-state index in [2.05, 4.69) is 10.2 Å². The van der Waals surface area contributed by atoms with E-state index in [0.717, 1.165) is 11.5 Å². The van der Waals surface area contributed by atoms with Crippen LogP contribution < -0.4 is 0 Å². The Morgan fingerprint density at radius 2 is 2.17 bits per heavy atom. The second-order valence-corrected chi connectivity index (χ2v) is 2.56. The van der Waals surface area contributed by atoms with Gasteiger partial charge in [0, 0.05) is 6.20 Å². The van der Waals surface area contributed by atoms with E-state index >= 15 is 0 Å². The monoisotopic (exact) mass is 185 g/mol. The number of hydrogen-bond donors (Lipinski definition) is 1. The third-order valence-corrected chi connectivity index (χ3v) is 1.81. The molecule has 2 heterocycles. The Morgan fingerprint density at radius 1 is 1.50 bits per heavy atom. The van der Waals surface area contributed by atoms with Crippen molar-refractivity contribution in [1.82, 2.24) is 14.6 Å². The molecule has 2 aromatic heterocycles. The van der Waals surface area contributed by atoms with Gasteiger partial charge in [-0.2, -0.15) is 5.10 Å². The average molecular weight is 186 g/mol. The van der Waals surface area contributed by atoms with Crippen molar-refractivity contribution in [2.24, 2.45) is 0 Å². The Bertz CT molecular complexity index is 325. The number of rotatable bonds is 0. The number of halogens is 1. The zero-order valence-electron chi connectivity index (χ0n) is 7.43. The average Bonchev–Trinajstić information content (AvgIpc) is 2.62. The molecule has 0 unspecified atom stereocenters. The summed E-state index contributed by atoms with van der Waals surface area (Å²) in [5.74, 6) is 0.918. The molecule has 66 valence electrons. The minimum Gasteiger partial charge on any atom is -0.287 e. The van der Waals surface area contributed by atoms with Crippen LogP contribution >= 0.6 is 11.6 Å². The molecule has 0 atom stereocenters. The standard InChI is InChI=1S/C6H6ClN3.C2H6/c1-4-8-9-6-5(7)2-3-10(4)6;1-2/h2-3,9H,1H3;1-2H3. The summed E-state index contributed by atoms with van der Waals surface area (Å²) >= 11 is 5.79. The van der Waals surface area contributed by atoms with E-state index in [-0.39, 0.29) is 0 Å². The fourth-order valence-electron chi connectivity index (χ4n) is 0.973. The maximum Gasteiger partial charge on any atom is 0.151 e. The Hall–Kier alpha value is -0.960. The number of H-pyrrole nitrogens is 1. The highest BCUT2D eigenvalue weighted by Gasteiger charge is 2.02. The molecule has 0 amide bonds. The van der Waals surface area contributed by atoms with Crippen molar-refractivity contribution < 1.29 is 0 Å². The molecule has 0 aliphatic heterocycles. The summed E-state index contributed by atoms with van der Waals surface area (Å²) in [7, 11) is 0. The van der Waals surface area contributed by atoms with E-state index in [9.17, 15) is 0 Å². The van der Waals surface area contributed by atoms with E-state index in [1.165, 1.54) is 0 Å². The van der Waals surface area contributed by atoms with Gasteiger partial charge in [0.25, 0.3) is 0 Å². The van der Waals surface area contributed by atoms with Crippen molar-refractivity contribution >= 4 is 17.2 Å². The second kappa shape index (κ2) is 3.63. The van der Waals surface area contributed by atoms with Crippen LogP contribution in [0.1, 0.15) is 19.7 Å². The van der Waals surface area contributed by atoms with Gasteiger partial charge in [-0.3, -0.25) is 9.50 Å². The van der Waals surface area contributed by atoms with Gasteiger partial charge in [0.1, 0.15) is 5.82 Å². The largest absolute Gasteiger partial charge is 0.287 e. The first-order valence-corrected chi connectivity index (χ1v) is 4.34. The molecule has 0 aliphatic rings. The molecule has 0 saturated heterocycles. The van der Waals surface area contributed by atoms with Crippen molar-refractivity contribution in [1.29, 1.82) is 0 Å². The lowest BCUT2D eigenvalue weighted by molar-refractivity contribution is 1.01. The van der Waals surface area contributed by atoms with E-state index in [0.29, 0.717) is 5.02 Å². The number of aromatic amines is 1. The van der Waals surface area contributed by atoms with Crippen molar-refractivity contribution in [3.05, 3.63) is 23.1 Å². The van der Waals surface area contributed by atoms with Crippen molar-refractivity contribution in [3.8, 4) is 0 Å². The predicted octanol–water partition coefficient (Wildman–Crippen LogP) is 2.65. The van der Waals surface area contributed by atoms with Crippen LogP contribution in [0.3, 0.4) is 0 Å². The lowest BCUT2D eigenvalue weighted by Gasteiger charge is -1.81. The fraction of sp³-hybridized carbons (Fsp3) is 0.375. The van der Waals surface area contributed by atoms with Crippen LogP contribution in [-0.4, -0.2) is 14.6 Å². The zero-order chi connectivity index (χ0) is 9.14.